The molecule has 2 aromatic carbocycles. The Balaban J connectivity index is 1.68. The number of hydrogen-bond acceptors (Lipinski definition) is 6. The Kier molecular flexibility index (Phi) is 4.68. The Labute approximate surface area is 163 Å². The first-order chi connectivity index (χ1) is 13.5. The van der Waals surface area contributed by atoms with Gasteiger partial charge in [0.1, 0.15) is 16.4 Å². The molecule has 2 heterocycles. The van der Waals surface area contributed by atoms with Crippen molar-refractivity contribution in [3.8, 4) is 17.1 Å². The van der Waals surface area contributed by atoms with Crippen LogP contribution in [0, 0.1) is 12.8 Å². The fraction of sp³-hybridized carbons (Fsp3) is 0.190. The molecule has 1 aliphatic rings. The smallest absolute Gasteiger partial charge is 0.358 e. The van der Waals surface area contributed by atoms with Crippen LogP contribution in [0.5, 0.6) is 5.75 Å². The zero-order chi connectivity index (χ0) is 19.7. The first-order valence-electron chi connectivity index (χ1n) is 8.84. The van der Waals surface area contributed by atoms with Crippen molar-refractivity contribution in [1.29, 1.82) is 0 Å². The highest BCUT2D eigenvalue weighted by molar-refractivity contribution is 7.86. The van der Waals surface area contributed by atoms with Crippen LogP contribution >= 0.6 is 0 Å². The largest absolute Gasteiger partial charge is 0.492 e. The number of aryl methyl sites for hydroxylation is 1. The Morgan fingerprint density at radius 3 is 2.68 bits per heavy atom. The lowest BCUT2D eigenvalue weighted by Crippen LogP contribution is -2.26. The van der Waals surface area contributed by atoms with Crippen molar-refractivity contribution in [2.24, 2.45) is 11.1 Å². The van der Waals surface area contributed by atoms with Crippen LogP contribution in [0.1, 0.15) is 18.1 Å². The molecule has 0 saturated heterocycles. The minimum Gasteiger partial charge on any atom is -0.492 e. The van der Waals surface area contributed by atoms with Crippen LogP contribution in [-0.4, -0.2) is 20.7 Å². The molecule has 4 rings (SSSR count). The second-order valence-electron chi connectivity index (χ2n) is 6.67. The predicted octanol–water partition coefficient (Wildman–Crippen LogP) is 4.39. The predicted molar refractivity (Wildman–Crippen MR) is 105 cm³/mol. The summed E-state index contributed by atoms with van der Waals surface area (Å²) in [4.78, 5) is 0.104. The van der Waals surface area contributed by atoms with Crippen LogP contribution < -0.4 is 4.74 Å². The maximum Gasteiger partial charge on any atom is 0.358 e. The summed E-state index contributed by atoms with van der Waals surface area (Å²) >= 11 is 0. The van der Waals surface area contributed by atoms with Crippen LogP contribution in [0.2, 0.25) is 0 Å². The number of furan rings is 1. The van der Waals surface area contributed by atoms with Gasteiger partial charge in [0.2, 0.25) is 0 Å². The molecule has 7 heteroatoms. The molecule has 28 heavy (non-hydrogen) atoms. The molecule has 144 valence electrons. The minimum atomic E-state index is -4.00. The zero-order valence-corrected chi connectivity index (χ0v) is 16.3. The van der Waals surface area contributed by atoms with E-state index in [9.17, 15) is 8.42 Å². The monoisotopic (exact) mass is 397 g/mol. The summed E-state index contributed by atoms with van der Waals surface area (Å²) in [7, 11) is -4.00. The van der Waals surface area contributed by atoms with Crippen LogP contribution in [0.25, 0.3) is 11.3 Å². The van der Waals surface area contributed by atoms with E-state index in [-0.39, 0.29) is 10.8 Å². The molecule has 1 atom stereocenters. The first kappa shape index (κ1) is 18.3. The van der Waals surface area contributed by atoms with Crippen molar-refractivity contribution in [2.75, 3.05) is 6.61 Å². The Morgan fingerprint density at radius 2 is 1.93 bits per heavy atom. The van der Waals surface area contributed by atoms with Gasteiger partial charge in [0.25, 0.3) is 0 Å². The molecule has 3 aromatic rings. The average molecular weight is 397 g/mol. The number of ether oxygens (including phenoxy) is 1. The van der Waals surface area contributed by atoms with E-state index in [0.29, 0.717) is 29.2 Å². The van der Waals surface area contributed by atoms with Crippen LogP contribution in [0.4, 0.5) is 0 Å². The lowest BCUT2D eigenvalue weighted by atomic mass is 9.94. The van der Waals surface area contributed by atoms with E-state index in [1.807, 2.05) is 37.3 Å². The second-order valence-corrected chi connectivity index (χ2v) is 8.17. The SMILES string of the molecule is Cc1ccccc1S(=O)(=O)ON=C1c2ccc(-c3ccco3)cc2OCC1C. The lowest BCUT2D eigenvalue weighted by molar-refractivity contribution is 0.273. The maximum absolute atomic E-state index is 12.6. The van der Waals surface area contributed by atoms with Crippen LogP contribution in [-0.2, 0) is 14.4 Å². The van der Waals surface area contributed by atoms with E-state index >= 15 is 0 Å². The first-order valence-corrected chi connectivity index (χ1v) is 10.2. The van der Waals surface area contributed by atoms with Gasteiger partial charge in [0.15, 0.2) is 0 Å². The number of benzene rings is 2. The standard InChI is InChI=1S/C21H19NO5S/c1-14-6-3-4-8-20(14)28(23,24)27-22-21-15(2)13-26-19-12-16(9-10-17(19)21)18-7-5-11-25-18/h3-12,15H,13H2,1-2H3. The van der Waals surface area contributed by atoms with E-state index in [0.717, 1.165) is 11.3 Å². The molecule has 0 spiro atoms. The quantitative estimate of drug-likeness (QED) is 0.610. The van der Waals surface area contributed by atoms with E-state index < -0.39 is 10.1 Å². The molecule has 1 aromatic heterocycles. The van der Waals surface area contributed by atoms with E-state index in [2.05, 4.69) is 5.16 Å². The molecule has 1 unspecified atom stereocenters. The fourth-order valence-electron chi connectivity index (χ4n) is 3.11. The van der Waals surface area contributed by atoms with Gasteiger partial charge in [-0.25, -0.2) is 0 Å². The van der Waals surface area contributed by atoms with E-state index in [1.165, 1.54) is 6.07 Å². The third kappa shape index (κ3) is 3.41. The van der Waals surface area contributed by atoms with Gasteiger partial charge in [-0.1, -0.05) is 36.3 Å². The molecular formula is C21H19NO5S. The third-order valence-electron chi connectivity index (χ3n) is 4.62. The highest BCUT2D eigenvalue weighted by Gasteiger charge is 2.27. The fourth-order valence-corrected chi connectivity index (χ4v) is 4.08. The molecule has 6 nitrogen and oxygen atoms in total. The summed E-state index contributed by atoms with van der Waals surface area (Å²) in [6.45, 7) is 4.00. The maximum atomic E-state index is 12.6. The minimum absolute atomic E-state index is 0.104. The second kappa shape index (κ2) is 7.16. The summed E-state index contributed by atoms with van der Waals surface area (Å²) in [6, 6.07) is 15.9. The molecule has 0 radical (unpaired) electrons. The normalized spacial score (nSPS) is 17.8. The van der Waals surface area contributed by atoms with Gasteiger partial charge in [0.05, 0.1) is 18.6 Å². The topological polar surface area (TPSA) is 78.1 Å². The lowest BCUT2D eigenvalue weighted by Gasteiger charge is -2.24. The molecular weight excluding hydrogens is 378 g/mol. The van der Waals surface area contributed by atoms with Crippen LogP contribution in [0.3, 0.4) is 0 Å². The van der Waals surface area contributed by atoms with Gasteiger partial charge in [-0.05, 0) is 42.8 Å². The summed E-state index contributed by atoms with van der Waals surface area (Å²) < 4.78 is 41.4. The van der Waals surface area contributed by atoms with Gasteiger partial charge in [-0.2, -0.15) is 8.42 Å². The number of hydrogen-bond donors (Lipinski definition) is 0. The Morgan fingerprint density at radius 1 is 1.11 bits per heavy atom. The molecule has 0 bridgehead atoms. The molecule has 0 aliphatic carbocycles. The highest BCUT2D eigenvalue weighted by atomic mass is 32.2. The van der Waals surface area contributed by atoms with Crippen molar-refractivity contribution in [2.45, 2.75) is 18.7 Å². The van der Waals surface area contributed by atoms with Crippen LogP contribution in [0.15, 0.2) is 75.3 Å². The van der Waals surface area contributed by atoms with Crippen molar-refractivity contribution in [1.82, 2.24) is 0 Å². The molecule has 0 N–H and O–H groups in total. The van der Waals surface area contributed by atoms with Gasteiger partial charge in [-0.15, -0.1) is 0 Å². The van der Waals surface area contributed by atoms with Gasteiger partial charge in [-0.3, -0.25) is 4.28 Å². The highest BCUT2D eigenvalue weighted by Crippen LogP contribution is 2.33. The van der Waals surface area contributed by atoms with Crippen molar-refractivity contribution >= 4 is 15.8 Å². The number of oxime groups is 1. The van der Waals surface area contributed by atoms with Crippen molar-refractivity contribution < 1.29 is 21.9 Å². The number of nitrogens with zero attached hydrogens (tertiary/aromatic N) is 1. The third-order valence-corrected chi connectivity index (χ3v) is 5.88. The van der Waals surface area contributed by atoms with Crippen molar-refractivity contribution in [3.63, 3.8) is 0 Å². The van der Waals surface area contributed by atoms with Crippen molar-refractivity contribution in [3.05, 3.63) is 72.0 Å². The van der Waals surface area contributed by atoms with Gasteiger partial charge < -0.3 is 9.15 Å². The number of rotatable bonds is 4. The zero-order valence-electron chi connectivity index (χ0n) is 15.5. The molecule has 0 fully saturated rings. The number of fused-ring (bicyclic) bond motifs is 1. The van der Waals surface area contributed by atoms with Gasteiger partial charge in [0, 0.05) is 17.0 Å². The molecule has 1 aliphatic heterocycles. The molecule has 0 amide bonds. The summed E-state index contributed by atoms with van der Waals surface area (Å²) in [5.74, 6) is 1.22. The van der Waals surface area contributed by atoms with E-state index in [1.54, 1.807) is 31.4 Å². The molecule has 0 saturated carbocycles. The summed E-state index contributed by atoms with van der Waals surface area (Å²) in [5, 5.41) is 4.01. The Bertz CT molecular complexity index is 1130. The Hall–Kier alpha value is -3.06. The van der Waals surface area contributed by atoms with E-state index in [4.69, 9.17) is 13.4 Å². The summed E-state index contributed by atoms with van der Waals surface area (Å²) in [6.07, 6.45) is 1.61. The summed E-state index contributed by atoms with van der Waals surface area (Å²) in [5.41, 5.74) is 2.70. The average Bonchev–Trinajstić information content (AvgIpc) is 3.22. The van der Waals surface area contributed by atoms with Gasteiger partial charge >= 0.3 is 10.1 Å².